The molecule has 0 spiro atoms. The average Bonchev–Trinajstić information content (AvgIpc) is 2.20. The van der Waals surface area contributed by atoms with Gasteiger partial charge in [0.05, 0.1) is 17.2 Å². The average molecular weight is 294 g/mol. The van der Waals surface area contributed by atoms with E-state index in [4.69, 9.17) is 11.6 Å². The van der Waals surface area contributed by atoms with Gasteiger partial charge in [-0.3, -0.25) is 0 Å². The molecule has 1 aromatic heterocycles. The van der Waals surface area contributed by atoms with Crippen LogP contribution in [0, 0.1) is 0 Å². The van der Waals surface area contributed by atoms with Crippen LogP contribution in [0.25, 0.3) is 0 Å². The van der Waals surface area contributed by atoms with E-state index in [9.17, 15) is 5.11 Å². The summed E-state index contributed by atoms with van der Waals surface area (Å²) < 4.78 is 0.835. The summed E-state index contributed by atoms with van der Waals surface area (Å²) in [5.41, 5.74) is 0. The van der Waals surface area contributed by atoms with Crippen LogP contribution < -0.4 is 5.32 Å². The zero-order valence-electron chi connectivity index (χ0n) is 8.67. The van der Waals surface area contributed by atoms with Crippen molar-refractivity contribution in [3.8, 4) is 0 Å². The maximum absolute atomic E-state index is 9.59. The number of hydrogen-bond acceptors (Lipinski definition) is 3. The number of nitrogens with one attached hydrogen (secondary N) is 1. The summed E-state index contributed by atoms with van der Waals surface area (Å²) >= 11 is 9.27. The van der Waals surface area contributed by atoms with Crippen LogP contribution in [-0.4, -0.2) is 22.2 Å². The van der Waals surface area contributed by atoms with Gasteiger partial charge in [0.2, 0.25) is 0 Å². The molecule has 15 heavy (non-hydrogen) atoms. The lowest BCUT2D eigenvalue weighted by Gasteiger charge is -2.19. The highest BCUT2D eigenvalue weighted by Gasteiger charge is 2.13. The van der Waals surface area contributed by atoms with Crippen LogP contribution in [0.5, 0.6) is 0 Å². The van der Waals surface area contributed by atoms with Crippen molar-refractivity contribution < 1.29 is 5.11 Å². The van der Waals surface area contributed by atoms with Gasteiger partial charge in [-0.2, -0.15) is 0 Å². The molecule has 1 rings (SSSR count). The summed E-state index contributed by atoms with van der Waals surface area (Å²) in [5, 5.41) is 13.2. The first kappa shape index (κ1) is 12.7. The quantitative estimate of drug-likeness (QED) is 0.897. The van der Waals surface area contributed by atoms with Gasteiger partial charge in [0, 0.05) is 10.7 Å². The Bertz CT molecular complexity index is 335. The van der Waals surface area contributed by atoms with Crippen LogP contribution in [0.4, 0.5) is 5.82 Å². The highest BCUT2D eigenvalue weighted by molar-refractivity contribution is 9.10. The van der Waals surface area contributed by atoms with Crippen molar-refractivity contribution in [1.82, 2.24) is 4.98 Å². The molecule has 2 atom stereocenters. The summed E-state index contributed by atoms with van der Waals surface area (Å²) in [5.74, 6) is 0.597. The summed E-state index contributed by atoms with van der Waals surface area (Å²) in [4.78, 5) is 4.13. The molecule has 1 heterocycles. The molecule has 0 saturated heterocycles. The number of rotatable bonds is 4. The van der Waals surface area contributed by atoms with Gasteiger partial charge in [-0.25, -0.2) is 4.98 Å². The van der Waals surface area contributed by atoms with Crippen LogP contribution in [-0.2, 0) is 0 Å². The van der Waals surface area contributed by atoms with Crippen molar-refractivity contribution in [3.05, 3.63) is 21.8 Å². The van der Waals surface area contributed by atoms with Crippen LogP contribution in [0.15, 0.2) is 16.7 Å². The predicted molar refractivity (Wildman–Crippen MR) is 66.3 cm³/mol. The van der Waals surface area contributed by atoms with Gasteiger partial charge in [0.25, 0.3) is 0 Å². The van der Waals surface area contributed by atoms with Crippen LogP contribution in [0.1, 0.15) is 20.3 Å². The SMILES string of the molecule is CCC(O)C(C)Nc1ncc(Br)cc1Cl. The lowest BCUT2D eigenvalue weighted by atomic mass is 10.1. The first-order valence-corrected chi connectivity index (χ1v) is 5.97. The third-order valence-corrected chi connectivity index (χ3v) is 2.89. The second-order valence-corrected chi connectivity index (χ2v) is 4.72. The Hall–Kier alpha value is -0.320. The lowest BCUT2D eigenvalue weighted by molar-refractivity contribution is 0.154. The van der Waals surface area contributed by atoms with Gasteiger partial charge in [-0.1, -0.05) is 18.5 Å². The van der Waals surface area contributed by atoms with E-state index < -0.39 is 6.10 Å². The number of nitrogens with zero attached hydrogens (tertiary/aromatic N) is 1. The zero-order chi connectivity index (χ0) is 11.4. The maximum Gasteiger partial charge on any atom is 0.145 e. The van der Waals surface area contributed by atoms with E-state index in [2.05, 4.69) is 26.2 Å². The molecule has 0 saturated carbocycles. The fourth-order valence-corrected chi connectivity index (χ4v) is 1.87. The largest absolute Gasteiger partial charge is 0.391 e. The van der Waals surface area contributed by atoms with Crippen molar-refractivity contribution in [1.29, 1.82) is 0 Å². The van der Waals surface area contributed by atoms with Gasteiger partial charge >= 0.3 is 0 Å². The molecule has 1 aromatic rings. The molecule has 0 aliphatic rings. The molecular formula is C10H14BrClN2O. The smallest absolute Gasteiger partial charge is 0.145 e. The number of hydrogen-bond donors (Lipinski definition) is 2. The molecule has 0 aromatic carbocycles. The predicted octanol–water partition coefficient (Wildman–Crippen LogP) is 3.07. The number of anilines is 1. The molecule has 0 radical (unpaired) electrons. The van der Waals surface area contributed by atoms with Crippen molar-refractivity contribution >= 4 is 33.3 Å². The Labute approximate surface area is 103 Å². The molecule has 84 valence electrons. The minimum absolute atomic E-state index is 0.0684. The molecule has 0 bridgehead atoms. The van der Waals surface area contributed by atoms with Crippen LogP contribution >= 0.6 is 27.5 Å². The Kier molecular flexibility index (Phi) is 4.83. The van der Waals surface area contributed by atoms with Crippen molar-refractivity contribution in [2.24, 2.45) is 0 Å². The normalized spacial score (nSPS) is 14.7. The number of pyridine rings is 1. The zero-order valence-corrected chi connectivity index (χ0v) is 11.0. The first-order chi connectivity index (χ1) is 7.04. The van der Waals surface area contributed by atoms with Crippen molar-refractivity contribution in [2.75, 3.05) is 5.32 Å². The van der Waals surface area contributed by atoms with E-state index in [1.165, 1.54) is 0 Å². The van der Waals surface area contributed by atoms with Crippen molar-refractivity contribution in [3.63, 3.8) is 0 Å². The summed E-state index contributed by atoms with van der Waals surface area (Å²) in [6.07, 6.45) is 1.97. The minimum Gasteiger partial charge on any atom is -0.391 e. The molecule has 2 N–H and O–H groups in total. The molecule has 2 unspecified atom stereocenters. The fraction of sp³-hybridized carbons (Fsp3) is 0.500. The molecule has 0 fully saturated rings. The number of halogens is 2. The minimum atomic E-state index is -0.397. The Morgan fingerprint density at radius 1 is 1.67 bits per heavy atom. The highest BCUT2D eigenvalue weighted by Crippen LogP contribution is 2.23. The number of aliphatic hydroxyl groups is 1. The van der Waals surface area contributed by atoms with E-state index in [1.807, 2.05) is 13.8 Å². The van der Waals surface area contributed by atoms with E-state index in [0.717, 1.165) is 4.47 Å². The van der Waals surface area contributed by atoms with E-state index in [0.29, 0.717) is 17.3 Å². The maximum atomic E-state index is 9.59. The van der Waals surface area contributed by atoms with Crippen molar-refractivity contribution in [2.45, 2.75) is 32.4 Å². The van der Waals surface area contributed by atoms with E-state index in [1.54, 1.807) is 12.3 Å². The van der Waals surface area contributed by atoms with E-state index in [-0.39, 0.29) is 6.04 Å². The van der Waals surface area contributed by atoms with Crippen LogP contribution in [0.3, 0.4) is 0 Å². The third-order valence-electron chi connectivity index (χ3n) is 2.17. The van der Waals surface area contributed by atoms with Gasteiger partial charge in [-0.15, -0.1) is 0 Å². The van der Waals surface area contributed by atoms with Gasteiger partial charge in [0.1, 0.15) is 5.82 Å². The fourth-order valence-electron chi connectivity index (χ4n) is 1.19. The molecule has 5 heteroatoms. The van der Waals surface area contributed by atoms with Gasteiger partial charge < -0.3 is 10.4 Å². The second-order valence-electron chi connectivity index (χ2n) is 3.39. The highest BCUT2D eigenvalue weighted by atomic mass is 79.9. The van der Waals surface area contributed by atoms with Gasteiger partial charge in [0.15, 0.2) is 0 Å². The summed E-state index contributed by atoms with van der Waals surface area (Å²) in [7, 11) is 0. The molecule has 0 amide bonds. The third kappa shape index (κ3) is 3.63. The van der Waals surface area contributed by atoms with Crippen LogP contribution in [0.2, 0.25) is 5.02 Å². The first-order valence-electron chi connectivity index (χ1n) is 4.80. The monoisotopic (exact) mass is 292 g/mol. The molecule has 3 nitrogen and oxygen atoms in total. The van der Waals surface area contributed by atoms with E-state index >= 15 is 0 Å². The standard InChI is InChI=1S/C10H14BrClN2O/c1-3-9(15)6(2)14-10-8(12)4-7(11)5-13-10/h4-6,9,15H,3H2,1-2H3,(H,13,14). The lowest BCUT2D eigenvalue weighted by Crippen LogP contribution is -2.30. The number of aromatic nitrogens is 1. The number of aliphatic hydroxyl groups excluding tert-OH is 1. The topological polar surface area (TPSA) is 45.1 Å². The second kappa shape index (κ2) is 5.68. The Morgan fingerprint density at radius 3 is 2.87 bits per heavy atom. The Morgan fingerprint density at radius 2 is 2.33 bits per heavy atom. The molecule has 0 aliphatic heterocycles. The molecular weight excluding hydrogens is 279 g/mol. The van der Waals surface area contributed by atoms with Gasteiger partial charge in [-0.05, 0) is 35.3 Å². The summed E-state index contributed by atoms with van der Waals surface area (Å²) in [6, 6.07) is 1.70. The summed E-state index contributed by atoms with van der Waals surface area (Å²) in [6.45, 7) is 3.83. The molecule has 0 aliphatic carbocycles. The Balaban J connectivity index is 2.72.